The van der Waals surface area contributed by atoms with E-state index in [1.807, 2.05) is 12.1 Å². The molecule has 21 heavy (non-hydrogen) atoms. The largest absolute Gasteiger partial charge is 0.370 e. The summed E-state index contributed by atoms with van der Waals surface area (Å²) in [5.41, 5.74) is 8.17. The van der Waals surface area contributed by atoms with Gasteiger partial charge in [-0.2, -0.15) is 0 Å². The molecule has 118 valence electrons. The monoisotopic (exact) mass is 310 g/mol. The first-order valence-electron chi connectivity index (χ1n) is 7.52. The van der Waals surface area contributed by atoms with Gasteiger partial charge >= 0.3 is 0 Å². The molecule has 0 aromatic heterocycles. The van der Waals surface area contributed by atoms with Gasteiger partial charge < -0.3 is 10.6 Å². The Morgan fingerprint density at radius 2 is 1.95 bits per heavy atom. The summed E-state index contributed by atoms with van der Waals surface area (Å²) >= 11 is 0. The summed E-state index contributed by atoms with van der Waals surface area (Å²) < 4.78 is 23.9. The minimum atomic E-state index is -3.08. The van der Waals surface area contributed by atoms with Crippen molar-refractivity contribution in [1.82, 2.24) is 0 Å². The molecule has 2 N–H and O–H groups in total. The number of fused-ring (bicyclic) bond motifs is 1. The average Bonchev–Trinajstić information content (AvgIpc) is 2.75. The van der Waals surface area contributed by atoms with Crippen LogP contribution in [0.2, 0.25) is 0 Å². The fourth-order valence-electron chi connectivity index (χ4n) is 2.78. The molecule has 1 aliphatic rings. The third-order valence-electron chi connectivity index (χ3n) is 4.24. The Morgan fingerprint density at radius 3 is 2.57 bits per heavy atom. The summed E-state index contributed by atoms with van der Waals surface area (Å²) in [4.78, 5) is 2.19. The van der Waals surface area contributed by atoms with Crippen LogP contribution in [-0.2, 0) is 9.84 Å². The molecule has 1 aromatic carbocycles. The summed E-state index contributed by atoms with van der Waals surface area (Å²) in [6, 6.07) is 8.26. The van der Waals surface area contributed by atoms with Crippen molar-refractivity contribution in [3.63, 3.8) is 0 Å². The van der Waals surface area contributed by atoms with Crippen molar-refractivity contribution in [3.8, 4) is 0 Å². The molecular formula is C16H26N2O2S. The summed E-state index contributed by atoms with van der Waals surface area (Å²) in [6.45, 7) is 7.37. The third-order valence-corrected chi connectivity index (χ3v) is 6.82. The van der Waals surface area contributed by atoms with E-state index < -0.39 is 14.6 Å². The van der Waals surface area contributed by atoms with Crippen molar-refractivity contribution in [3.05, 3.63) is 29.8 Å². The van der Waals surface area contributed by atoms with Crippen LogP contribution in [0.3, 0.4) is 0 Å². The molecule has 0 radical (unpaired) electrons. The standard InChI is InChI=1S/C16H26N2O2S/c1-16(2,3)21(19,20)11-10-18-12-13(8-9-17)14-6-4-5-7-15(14)18/h4-7,13H,8-12,17H2,1-3H3. The molecule has 0 fully saturated rings. The van der Waals surface area contributed by atoms with Crippen molar-refractivity contribution < 1.29 is 8.42 Å². The number of nitrogens with two attached hydrogens (primary N) is 1. The van der Waals surface area contributed by atoms with Gasteiger partial charge in [0.1, 0.15) is 0 Å². The minimum Gasteiger partial charge on any atom is -0.370 e. The Hall–Kier alpha value is -1.07. The van der Waals surface area contributed by atoms with Crippen LogP contribution in [0.15, 0.2) is 24.3 Å². The number of nitrogens with zero attached hydrogens (tertiary/aromatic N) is 1. The van der Waals surface area contributed by atoms with E-state index in [0.717, 1.165) is 13.0 Å². The van der Waals surface area contributed by atoms with Gasteiger partial charge in [-0.3, -0.25) is 0 Å². The normalized spacial score (nSPS) is 18.9. The van der Waals surface area contributed by atoms with Crippen LogP contribution in [0.5, 0.6) is 0 Å². The van der Waals surface area contributed by atoms with Crippen LogP contribution < -0.4 is 10.6 Å². The predicted molar refractivity (Wildman–Crippen MR) is 88.6 cm³/mol. The predicted octanol–water partition coefficient (Wildman–Crippen LogP) is 2.15. The van der Waals surface area contributed by atoms with E-state index in [1.165, 1.54) is 11.3 Å². The Bertz CT molecular complexity index is 591. The second-order valence-corrected chi connectivity index (χ2v) is 9.57. The highest BCUT2D eigenvalue weighted by Gasteiger charge is 2.32. The third kappa shape index (κ3) is 3.40. The van der Waals surface area contributed by atoms with Gasteiger partial charge in [0, 0.05) is 24.7 Å². The molecule has 5 heteroatoms. The zero-order chi connectivity index (χ0) is 15.7. The Labute approximate surface area is 128 Å². The molecular weight excluding hydrogens is 284 g/mol. The second-order valence-electron chi connectivity index (χ2n) is 6.71. The molecule has 1 heterocycles. The first kappa shape index (κ1) is 16.3. The summed E-state index contributed by atoms with van der Waals surface area (Å²) in [5, 5.41) is 0. The number of para-hydroxylation sites is 1. The lowest BCUT2D eigenvalue weighted by molar-refractivity contribution is 0.558. The van der Waals surface area contributed by atoms with E-state index in [0.29, 0.717) is 19.0 Å². The average molecular weight is 310 g/mol. The van der Waals surface area contributed by atoms with E-state index in [2.05, 4.69) is 17.0 Å². The Morgan fingerprint density at radius 1 is 1.29 bits per heavy atom. The molecule has 0 spiro atoms. The smallest absolute Gasteiger partial charge is 0.156 e. The van der Waals surface area contributed by atoms with E-state index in [9.17, 15) is 8.42 Å². The van der Waals surface area contributed by atoms with Gasteiger partial charge in [-0.1, -0.05) is 18.2 Å². The summed E-state index contributed by atoms with van der Waals surface area (Å²) in [5.74, 6) is 0.615. The summed E-state index contributed by atoms with van der Waals surface area (Å²) in [7, 11) is -3.08. The highest BCUT2D eigenvalue weighted by Crippen LogP contribution is 2.37. The molecule has 1 aromatic rings. The van der Waals surface area contributed by atoms with Gasteiger partial charge in [-0.05, 0) is 45.4 Å². The van der Waals surface area contributed by atoms with Crippen LogP contribution in [0, 0.1) is 0 Å². The van der Waals surface area contributed by atoms with Gasteiger partial charge in [0.2, 0.25) is 0 Å². The molecule has 0 saturated carbocycles. The lowest BCUT2D eigenvalue weighted by Crippen LogP contribution is -2.36. The maximum atomic E-state index is 12.3. The van der Waals surface area contributed by atoms with Gasteiger partial charge in [-0.15, -0.1) is 0 Å². The van der Waals surface area contributed by atoms with E-state index in [-0.39, 0.29) is 5.75 Å². The highest BCUT2D eigenvalue weighted by molar-refractivity contribution is 7.92. The Balaban J connectivity index is 2.13. The molecule has 4 nitrogen and oxygen atoms in total. The van der Waals surface area contributed by atoms with Crippen LogP contribution in [0.1, 0.15) is 38.7 Å². The van der Waals surface area contributed by atoms with E-state index in [1.54, 1.807) is 20.8 Å². The summed E-state index contributed by atoms with van der Waals surface area (Å²) in [6.07, 6.45) is 0.944. The molecule has 0 saturated heterocycles. The number of hydrogen-bond donors (Lipinski definition) is 1. The highest BCUT2D eigenvalue weighted by atomic mass is 32.2. The number of anilines is 1. The van der Waals surface area contributed by atoms with Crippen molar-refractivity contribution in [2.75, 3.05) is 30.3 Å². The number of sulfone groups is 1. The SMILES string of the molecule is CC(C)(C)S(=O)(=O)CCN1CC(CCN)c2ccccc21. The maximum absolute atomic E-state index is 12.3. The number of benzene rings is 1. The maximum Gasteiger partial charge on any atom is 0.156 e. The van der Waals surface area contributed by atoms with Crippen molar-refractivity contribution in [2.45, 2.75) is 37.9 Å². The molecule has 1 unspecified atom stereocenters. The van der Waals surface area contributed by atoms with Gasteiger partial charge in [0.15, 0.2) is 9.84 Å². The lowest BCUT2D eigenvalue weighted by Gasteiger charge is -2.24. The fraction of sp³-hybridized carbons (Fsp3) is 0.625. The van der Waals surface area contributed by atoms with Crippen molar-refractivity contribution in [1.29, 1.82) is 0 Å². The molecule has 1 aliphatic heterocycles. The van der Waals surface area contributed by atoms with Crippen LogP contribution in [0.25, 0.3) is 0 Å². The quantitative estimate of drug-likeness (QED) is 0.905. The van der Waals surface area contributed by atoms with E-state index >= 15 is 0 Å². The van der Waals surface area contributed by atoms with E-state index in [4.69, 9.17) is 5.73 Å². The van der Waals surface area contributed by atoms with Gasteiger partial charge in [0.25, 0.3) is 0 Å². The zero-order valence-corrected chi connectivity index (χ0v) is 14.0. The van der Waals surface area contributed by atoms with Crippen LogP contribution in [0.4, 0.5) is 5.69 Å². The van der Waals surface area contributed by atoms with Crippen LogP contribution in [-0.4, -0.2) is 38.6 Å². The number of rotatable bonds is 5. The topological polar surface area (TPSA) is 63.4 Å². The van der Waals surface area contributed by atoms with Crippen molar-refractivity contribution in [2.24, 2.45) is 5.73 Å². The Kier molecular flexibility index (Phi) is 4.63. The first-order valence-corrected chi connectivity index (χ1v) is 9.18. The molecule has 2 rings (SSSR count). The van der Waals surface area contributed by atoms with Gasteiger partial charge in [0.05, 0.1) is 10.5 Å². The zero-order valence-electron chi connectivity index (χ0n) is 13.2. The van der Waals surface area contributed by atoms with Crippen molar-refractivity contribution >= 4 is 15.5 Å². The lowest BCUT2D eigenvalue weighted by atomic mass is 9.98. The second kappa shape index (κ2) is 5.97. The molecule has 0 amide bonds. The van der Waals surface area contributed by atoms with Crippen LogP contribution >= 0.6 is 0 Å². The molecule has 0 bridgehead atoms. The molecule has 0 aliphatic carbocycles. The first-order chi connectivity index (χ1) is 9.76. The van der Waals surface area contributed by atoms with Gasteiger partial charge in [-0.25, -0.2) is 8.42 Å². The minimum absolute atomic E-state index is 0.195. The number of hydrogen-bond acceptors (Lipinski definition) is 4. The fourth-order valence-corrected chi connectivity index (χ4v) is 3.85. The molecule has 1 atom stereocenters.